The number of carbonyl (C=O) groups excluding carboxylic acids is 1. The van der Waals surface area contributed by atoms with Gasteiger partial charge >= 0.3 is 0 Å². The molecule has 2 aromatic heterocycles. The van der Waals surface area contributed by atoms with Crippen LogP contribution in [0.3, 0.4) is 0 Å². The normalized spacial score (nSPS) is 11.0. The molecule has 0 unspecified atom stereocenters. The summed E-state index contributed by atoms with van der Waals surface area (Å²) in [7, 11) is 3.19. The molecule has 0 aliphatic carbocycles. The van der Waals surface area contributed by atoms with Crippen molar-refractivity contribution in [3.8, 4) is 17.2 Å². The lowest BCUT2D eigenvalue weighted by molar-refractivity contribution is 0.0954. The fraction of sp³-hybridized carbons (Fsp3) is 0.148. The average Bonchev–Trinajstić information content (AvgIpc) is 3.25. The number of hydrogen-bond acceptors (Lipinski definition) is 5. The topological polar surface area (TPSA) is 98.2 Å². The van der Waals surface area contributed by atoms with Crippen LogP contribution >= 0.6 is 0 Å². The molecular formula is C27H24N4O4. The van der Waals surface area contributed by atoms with E-state index in [1.54, 1.807) is 38.6 Å². The van der Waals surface area contributed by atoms with Crippen LogP contribution in [0.2, 0.25) is 0 Å². The van der Waals surface area contributed by atoms with Crippen molar-refractivity contribution < 1.29 is 14.3 Å². The molecule has 8 nitrogen and oxygen atoms in total. The number of hydrogen-bond donors (Lipinski definition) is 2. The fourth-order valence-corrected chi connectivity index (χ4v) is 4.12. The Morgan fingerprint density at radius 1 is 0.971 bits per heavy atom. The number of pyridine rings is 1. The minimum Gasteiger partial charge on any atom is -0.493 e. The first kappa shape index (κ1) is 22.2. The number of amides is 1. The zero-order chi connectivity index (χ0) is 24.4. The van der Waals surface area contributed by atoms with Crippen molar-refractivity contribution >= 4 is 27.7 Å². The van der Waals surface area contributed by atoms with Crippen LogP contribution in [-0.4, -0.2) is 41.4 Å². The van der Waals surface area contributed by atoms with E-state index in [4.69, 9.17) is 9.47 Å². The van der Waals surface area contributed by atoms with Gasteiger partial charge in [-0.3, -0.25) is 19.7 Å². The van der Waals surface area contributed by atoms with Crippen LogP contribution in [0.1, 0.15) is 15.9 Å². The number of para-hydroxylation sites is 1. The Hall–Kier alpha value is -4.59. The second kappa shape index (κ2) is 9.34. The van der Waals surface area contributed by atoms with Gasteiger partial charge in [-0.15, -0.1) is 0 Å². The number of carbonyl (C=O) groups is 1. The Labute approximate surface area is 201 Å². The fourth-order valence-electron chi connectivity index (χ4n) is 4.12. The van der Waals surface area contributed by atoms with E-state index in [1.165, 1.54) is 4.68 Å². The molecule has 0 aliphatic heterocycles. The lowest BCUT2D eigenvalue weighted by Crippen LogP contribution is -2.25. The Morgan fingerprint density at radius 2 is 1.77 bits per heavy atom. The summed E-state index contributed by atoms with van der Waals surface area (Å²) in [5, 5.41) is 7.32. The molecule has 8 heteroatoms. The maximum absolute atomic E-state index is 12.9. The summed E-state index contributed by atoms with van der Waals surface area (Å²) in [5.41, 5.74) is 3.39. The lowest BCUT2D eigenvalue weighted by Gasteiger charge is -2.10. The molecular weight excluding hydrogens is 444 g/mol. The third kappa shape index (κ3) is 4.21. The molecule has 0 aliphatic rings. The van der Waals surface area contributed by atoms with Crippen molar-refractivity contribution in [2.75, 3.05) is 20.8 Å². The quantitative estimate of drug-likeness (QED) is 0.378. The molecule has 0 bridgehead atoms. The second-order valence-corrected chi connectivity index (χ2v) is 8.06. The second-order valence-electron chi connectivity index (χ2n) is 8.06. The largest absolute Gasteiger partial charge is 0.493 e. The zero-order valence-corrected chi connectivity index (χ0v) is 19.4. The maximum atomic E-state index is 12.9. The summed E-state index contributed by atoms with van der Waals surface area (Å²) in [5.74, 6) is 1.11. The molecule has 3 aromatic carbocycles. The molecule has 0 spiro atoms. The summed E-state index contributed by atoms with van der Waals surface area (Å²) in [4.78, 5) is 30.3. The Morgan fingerprint density at radius 3 is 2.54 bits per heavy atom. The van der Waals surface area contributed by atoms with Crippen LogP contribution in [0.4, 0.5) is 0 Å². The van der Waals surface area contributed by atoms with Crippen molar-refractivity contribution in [1.82, 2.24) is 20.1 Å². The molecule has 2 N–H and O–H groups in total. The highest BCUT2D eigenvalue weighted by atomic mass is 16.5. The van der Waals surface area contributed by atoms with Crippen LogP contribution < -0.4 is 20.3 Å². The SMILES string of the molecule is COc1ccc(CCNC(=O)c2ccc3ncc4c(=O)n(-c5ccccc5)[nH]c4c3c2)cc1OC. The highest BCUT2D eigenvalue weighted by Gasteiger charge is 2.14. The van der Waals surface area contributed by atoms with Gasteiger partial charge in [0.05, 0.1) is 36.3 Å². The van der Waals surface area contributed by atoms with E-state index in [1.807, 2.05) is 48.5 Å². The first-order valence-electron chi connectivity index (χ1n) is 11.2. The number of aromatic nitrogens is 3. The van der Waals surface area contributed by atoms with Crippen molar-refractivity contribution in [1.29, 1.82) is 0 Å². The van der Waals surface area contributed by atoms with Crippen molar-refractivity contribution in [2.24, 2.45) is 0 Å². The summed E-state index contributed by atoms with van der Waals surface area (Å²) in [6.45, 7) is 0.454. The van der Waals surface area contributed by atoms with Gasteiger partial charge in [0, 0.05) is 23.7 Å². The van der Waals surface area contributed by atoms with E-state index >= 15 is 0 Å². The lowest BCUT2D eigenvalue weighted by atomic mass is 10.1. The van der Waals surface area contributed by atoms with E-state index in [0.717, 1.165) is 11.3 Å². The molecule has 0 fully saturated rings. The van der Waals surface area contributed by atoms with E-state index in [2.05, 4.69) is 15.4 Å². The van der Waals surface area contributed by atoms with Gasteiger partial charge in [0.15, 0.2) is 11.5 Å². The molecule has 0 saturated carbocycles. The molecule has 0 radical (unpaired) electrons. The Kier molecular flexibility index (Phi) is 5.93. The number of methoxy groups -OCH3 is 2. The van der Waals surface area contributed by atoms with Crippen molar-refractivity contribution in [3.05, 3.63) is 94.4 Å². The van der Waals surface area contributed by atoms with Crippen molar-refractivity contribution in [2.45, 2.75) is 6.42 Å². The Bertz CT molecular complexity index is 1590. The van der Waals surface area contributed by atoms with Crippen LogP contribution in [-0.2, 0) is 6.42 Å². The van der Waals surface area contributed by atoms with Gasteiger partial charge in [0.2, 0.25) is 0 Å². The van der Waals surface area contributed by atoms with Gasteiger partial charge < -0.3 is 14.8 Å². The molecule has 0 saturated heterocycles. The number of nitrogens with one attached hydrogen (secondary N) is 2. The average molecular weight is 469 g/mol. The number of fused-ring (bicyclic) bond motifs is 3. The van der Waals surface area contributed by atoms with Gasteiger partial charge in [0.1, 0.15) is 0 Å². The van der Waals surface area contributed by atoms with Crippen LogP contribution in [0.25, 0.3) is 27.5 Å². The van der Waals surface area contributed by atoms with Crippen LogP contribution in [0, 0.1) is 0 Å². The monoisotopic (exact) mass is 468 g/mol. The molecule has 2 heterocycles. The van der Waals surface area contributed by atoms with Crippen molar-refractivity contribution in [3.63, 3.8) is 0 Å². The molecule has 35 heavy (non-hydrogen) atoms. The van der Waals surface area contributed by atoms with Gasteiger partial charge in [-0.25, -0.2) is 4.68 Å². The van der Waals surface area contributed by atoms with Crippen LogP contribution in [0.5, 0.6) is 11.5 Å². The van der Waals surface area contributed by atoms with Gasteiger partial charge in [-0.2, -0.15) is 0 Å². The number of rotatable bonds is 7. The van der Waals surface area contributed by atoms with E-state index < -0.39 is 0 Å². The van der Waals surface area contributed by atoms with Gasteiger partial charge in [0.25, 0.3) is 11.5 Å². The first-order chi connectivity index (χ1) is 17.1. The first-order valence-corrected chi connectivity index (χ1v) is 11.2. The third-order valence-corrected chi connectivity index (χ3v) is 5.95. The third-order valence-electron chi connectivity index (χ3n) is 5.95. The minimum atomic E-state index is -0.200. The standard InChI is InChI=1S/C27H24N4O4/c1-34-23-11-8-17(14-24(23)35-2)12-13-28-26(32)18-9-10-22-20(15-18)25-21(16-29-22)27(33)31(30-25)19-6-4-3-5-7-19/h3-11,14-16,30H,12-13H2,1-2H3,(H,28,32). The number of H-pyrrole nitrogens is 1. The van der Waals surface area contributed by atoms with E-state index in [-0.39, 0.29) is 11.5 Å². The number of ether oxygens (including phenoxy) is 2. The summed E-state index contributed by atoms with van der Waals surface area (Å²) >= 11 is 0. The highest BCUT2D eigenvalue weighted by molar-refractivity contribution is 6.06. The van der Waals surface area contributed by atoms with Gasteiger partial charge in [-0.1, -0.05) is 24.3 Å². The Balaban J connectivity index is 1.39. The molecule has 5 rings (SSSR count). The maximum Gasteiger partial charge on any atom is 0.280 e. The smallest absolute Gasteiger partial charge is 0.280 e. The predicted octanol–water partition coefficient (Wildman–Crippen LogP) is 3.86. The van der Waals surface area contributed by atoms with Crippen LogP contribution in [0.15, 0.2) is 77.7 Å². The highest BCUT2D eigenvalue weighted by Crippen LogP contribution is 2.27. The van der Waals surface area contributed by atoms with E-state index in [9.17, 15) is 9.59 Å². The van der Waals surface area contributed by atoms with Gasteiger partial charge in [-0.05, 0) is 54.4 Å². The molecule has 176 valence electrons. The summed E-state index contributed by atoms with van der Waals surface area (Å²) < 4.78 is 12.1. The molecule has 0 atom stereocenters. The predicted molar refractivity (Wildman–Crippen MR) is 135 cm³/mol. The van der Waals surface area contributed by atoms with E-state index in [0.29, 0.717) is 51.8 Å². The summed E-state index contributed by atoms with van der Waals surface area (Å²) in [6.07, 6.45) is 2.21. The molecule has 1 amide bonds. The minimum absolute atomic E-state index is 0.189. The zero-order valence-electron chi connectivity index (χ0n) is 19.4. The number of benzene rings is 3. The summed E-state index contributed by atoms with van der Waals surface area (Å²) in [6, 6.07) is 20.3. The number of aromatic amines is 1. The number of nitrogens with zero attached hydrogens (tertiary/aromatic N) is 2. The molecule has 5 aromatic rings.